The molecule has 0 spiro atoms. The van der Waals surface area contributed by atoms with Gasteiger partial charge in [-0.1, -0.05) is 12.1 Å². The predicted octanol–water partition coefficient (Wildman–Crippen LogP) is 1.46. The number of aryl methyl sites for hydroxylation is 1. The molecule has 0 aliphatic carbocycles. The van der Waals surface area contributed by atoms with Gasteiger partial charge in [0.25, 0.3) is 0 Å². The minimum atomic E-state index is -1.10. The summed E-state index contributed by atoms with van der Waals surface area (Å²) in [6.07, 6.45) is 3.89. The second-order valence-corrected chi connectivity index (χ2v) is 6.28. The summed E-state index contributed by atoms with van der Waals surface area (Å²) >= 11 is 0. The fraction of sp³-hybridized carbons (Fsp3) is 0.368. The van der Waals surface area contributed by atoms with Gasteiger partial charge in [0.2, 0.25) is 5.91 Å². The maximum atomic E-state index is 12.4. The summed E-state index contributed by atoms with van der Waals surface area (Å²) in [5, 5.41) is 8.87. The molecule has 1 aliphatic heterocycles. The fourth-order valence-corrected chi connectivity index (χ4v) is 2.98. The molecule has 1 aromatic heterocycles. The lowest BCUT2D eigenvalue weighted by atomic mass is 10.1. The Morgan fingerprint density at radius 3 is 2.33 bits per heavy atom. The van der Waals surface area contributed by atoms with E-state index in [2.05, 4.69) is 9.97 Å². The van der Waals surface area contributed by atoms with Crippen molar-refractivity contribution in [2.45, 2.75) is 12.8 Å². The Balaban J connectivity index is 1.47. The summed E-state index contributed by atoms with van der Waals surface area (Å²) in [6.45, 7) is 2.53. The number of rotatable bonds is 6. The highest BCUT2D eigenvalue weighted by molar-refractivity contribution is 5.84. The third-order valence-corrected chi connectivity index (χ3v) is 4.60. The quantitative estimate of drug-likeness (QED) is 0.822. The second-order valence-electron chi connectivity index (χ2n) is 6.28. The number of aromatic carboxylic acids is 1. The summed E-state index contributed by atoms with van der Waals surface area (Å²) in [7, 11) is 1.63. The van der Waals surface area contributed by atoms with Gasteiger partial charge in [0.1, 0.15) is 11.6 Å². The van der Waals surface area contributed by atoms with E-state index in [1.54, 1.807) is 7.11 Å². The topological polar surface area (TPSA) is 95.9 Å². The highest BCUT2D eigenvalue weighted by Crippen LogP contribution is 2.15. The van der Waals surface area contributed by atoms with Crippen LogP contribution >= 0.6 is 0 Å². The minimum absolute atomic E-state index is 0.0777. The molecule has 2 heterocycles. The number of carboxylic acids is 1. The standard InChI is InChI=1S/C19H22N4O4/c1-27-15-5-2-14(3-6-15)4-7-18(24)23-10-8-22(9-11-23)17-13-20-16(12-21-17)19(25)26/h2-3,5-6,12-13H,4,7-11H2,1H3,(H,25,26). The van der Waals surface area contributed by atoms with Crippen molar-refractivity contribution in [3.8, 4) is 5.75 Å². The molecular weight excluding hydrogens is 348 g/mol. The second kappa shape index (κ2) is 8.48. The summed E-state index contributed by atoms with van der Waals surface area (Å²) in [5.74, 6) is 0.477. The van der Waals surface area contributed by atoms with E-state index < -0.39 is 5.97 Å². The lowest BCUT2D eigenvalue weighted by Gasteiger charge is -2.35. The predicted molar refractivity (Wildman–Crippen MR) is 99.1 cm³/mol. The number of carbonyl (C=O) groups is 2. The maximum absolute atomic E-state index is 12.4. The Morgan fingerprint density at radius 1 is 1.07 bits per heavy atom. The van der Waals surface area contributed by atoms with Crippen LogP contribution in [0.5, 0.6) is 5.75 Å². The normalized spacial score (nSPS) is 14.1. The molecule has 0 atom stereocenters. The lowest BCUT2D eigenvalue weighted by molar-refractivity contribution is -0.131. The first-order chi connectivity index (χ1) is 13.1. The third-order valence-electron chi connectivity index (χ3n) is 4.60. The van der Waals surface area contributed by atoms with E-state index in [1.807, 2.05) is 34.1 Å². The summed E-state index contributed by atoms with van der Waals surface area (Å²) in [5.41, 5.74) is 1.03. The van der Waals surface area contributed by atoms with Crippen molar-refractivity contribution in [1.29, 1.82) is 0 Å². The number of carbonyl (C=O) groups excluding carboxylic acids is 1. The van der Waals surface area contributed by atoms with Crippen LogP contribution in [0.25, 0.3) is 0 Å². The molecule has 1 N–H and O–H groups in total. The van der Waals surface area contributed by atoms with Crippen molar-refractivity contribution in [2.75, 3.05) is 38.2 Å². The molecule has 8 nitrogen and oxygen atoms in total. The molecule has 0 radical (unpaired) electrons. The first kappa shape index (κ1) is 18.6. The van der Waals surface area contributed by atoms with Gasteiger partial charge in [0, 0.05) is 32.6 Å². The molecule has 1 aromatic carbocycles. The van der Waals surface area contributed by atoms with Crippen molar-refractivity contribution in [2.24, 2.45) is 0 Å². The van der Waals surface area contributed by atoms with Crippen LogP contribution in [0.2, 0.25) is 0 Å². The summed E-state index contributed by atoms with van der Waals surface area (Å²) in [6, 6.07) is 7.75. The van der Waals surface area contributed by atoms with Gasteiger partial charge in [0.05, 0.1) is 19.5 Å². The van der Waals surface area contributed by atoms with Crippen molar-refractivity contribution in [3.05, 3.63) is 47.9 Å². The van der Waals surface area contributed by atoms with Crippen molar-refractivity contribution < 1.29 is 19.4 Å². The third kappa shape index (κ3) is 4.72. The molecule has 0 saturated carbocycles. The van der Waals surface area contributed by atoms with Crippen LogP contribution in [0.1, 0.15) is 22.5 Å². The number of methoxy groups -OCH3 is 1. The van der Waals surface area contributed by atoms with Crippen molar-refractivity contribution >= 4 is 17.7 Å². The van der Waals surface area contributed by atoms with E-state index in [1.165, 1.54) is 12.4 Å². The highest BCUT2D eigenvalue weighted by Gasteiger charge is 2.22. The van der Waals surface area contributed by atoms with Crippen LogP contribution < -0.4 is 9.64 Å². The highest BCUT2D eigenvalue weighted by atomic mass is 16.5. The van der Waals surface area contributed by atoms with Gasteiger partial charge in [0.15, 0.2) is 5.69 Å². The molecule has 0 bridgehead atoms. The first-order valence-corrected chi connectivity index (χ1v) is 8.78. The number of aromatic nitrogens is 2. The van der Waals surface area contributed by atoms with Gasteiger partial charge >= 0.3 is 5.97 Å². The zero-order valence-corrected chi connectivity index (χ0v) is 15.2. The molecule has 2 aromatic rings. The van der Waals surface area contributed by atoms with E-state index in [9.17, 15) is 9.59 Å². The zero-order chi connectivity index (χ0) is 19.2. The molecule has 3 rings (SSSR count). The molecule has 142 valence electrons. The van der Waals surface area contributed by atoms with E-state index in [0.717, 1.165) is 11.3 Å². The monoisotopic (exact) mass is 370 g/mol. The minimum Gasteiger partial charge on any atom is -0.497 e. The van der Waals surface area contributed by atoms with Crippen LogP contribution in [0.3, 0.4) is 0 Å². The maximum Gasteiger partial charge on any atom is 0.356 e. The number of piperazine rings is 1. The van der Waals surface area contributed by atoms with E-state index in [4.69, 9.17) is 9.84 Å². The summed E-state index contributed by atoms with van der Waals surface area (Å²) < 4.78 is 5.14. The van der Waals surface area contributed by atoms with Crippen LogP contribution in [-0.4, -0.2) is 65.1 Å². The summed E-state index contributed by atoms with van der Waals surface area (Å²) in [4.78, 5) is 35.2. The van der Waals surface area contributed by atoms with Gasteiger partial charge in [-0.25, -0.2) is 14.8 Å². The van der Waals surface area contributed by atoms with Crippen LogP contribution in [-0.2, 0) is 11.2 Å². The SMILES string of the molecule is COc1ccc(CCC(=O)N2CCN(c3cnc(C(=O)O)cn3)CC2)cc1. The number of carboxylic acid groups (broad SMARTS) is 1. The van der Waals surface area contributed by atoms with Crippen LogP contribution in [0.15, 0.2) is 36.7 Å². The van der Waals surface area contributed by atoms with Gasteiger partial charge in [-0.05, 0) is 24.1 Å². The van der Waals surface area contributed by atoms with Crippen molar-refractivity contribution in [3.63, 3.8) is 0 Å². The Bertz CT molecular complexity index is 784. The molecule has 8 heteroatoms. The van der Waals surface area contributed by atoms with Gasteiger partial charge < -0.3 is 19.6 Å². The first-order valence-electron chi connectivity index (χ1n) is 8.78. The largest absolute Gasteiger partial charge is 0.497 e. The Labute approximate surface area is 157 Å². The van der Waals surface area contributed by atoms with Gasteiger partial charge in [-0.15, -0.1) is 0 Å². The number of ether oxygens (including phenoxy) is 1. The number of hydrogen-bond acceptors (Lipinski definition) is 6. The zero-order valence-electron chi connectivity index (χ0n) is 15.2. The average molecular weight is 370 g/mol. The molecule has 1 saturated heterocycles. The van der Waals surface area contributed by atoms with Gasteiger partial charge in [-0.3, -0.25) is 4.79 Å². The number of amides is 1. The Morgan fingerprint density at radius 2 is 1.78 bits per heavy atom. The lowest BCUT2D eigenvalue weighted by Crippen LogP contribution is -2.49. The van der Waals surface area contributed by atoms with Gasteiger partial charge in [-0.2, -0.15) is 0 Å². The number of anilines is 1. The number of nitrogens with zero attached hydrogens (tertiary/aromatic N) is 4. The van der Waals surface area contributed by atoms with Crippen LogP contribution in [0.4, 0.5) is 5.82 Å². The molecule has 1 aliphatic rings. The van der Waals surface area contributed by atoms with Crippen LogP contribution in [0, 0.1) is 0 Å². The smallest absolute Gasteiger partial charge is 0.356 e. The number of benzene rings is 1. The molecule has 0 unspecified atom stereocenters. The molecule has 1 fully saturated rings. The molecular formula is C19H22N4O4. The fourth-order valence-electron chi connectivity index (χ4n) is 2.98. The molecule has 27 heavy (non-hydrogen) atoms. The Hall–Kier alpha value is -3.16. The van der Waals surface area contributed by atoms with Crippen molar-refractivity contribution in [1.82, 2.24) is 14.9 Å². The number of hydrogen-bond donors (Lipinski definition) is 1. The van der Waals surface area contributed by atoms with E-state index >= 15 is 0 Å². The average Bonchev–Trinajstić information content (AvgIpc) is 2.72. The Kier molecular flexibility index (Phi) is 5.85. The van der Waals surface area contributed by atoms with E-state index in [0.29, 0.717) is 44.8 Å². The molecule has 1 amide bonds. The van der Waals surface area contributed by atoms with E-state index in [-0.39, 0.29) is 11.6 Å².